The topological polar surface area (TPSA) is 88.6 Å². The van der Waals surface area contributed by atoms with Crippen LogP contribution < -0.4 is 5.32 Å². The number of rotatable bonds is 8. The van der Waals surface area contributed by atoms with Crippen molar-refractivity contribution in [2.24, 2.45) is 0 Å². The zero-order valence-corrected chi connectivity index (χ0v) is 17.7. The van der Waals surface area contributed by atoms with Crippen molar-refractivity contribution in [1.29, 1.82) is 0 Å². The lowest BCUT2D eigenvalue weighted by Gasteiger charge is -2.21. The fraction of sp³-hybridized carbons (Fsp3) is 0.174. The smallest absolute Gasteiger partial charge is 0.271 e. The Balaban J connectivity index is 1.48. The van der Waals surface area contributed by atoms with E-state index in [1.807, 2.05) is 37.3 Å². The molecule has 4 rings (SSSR count). The number of carbonyl (C=O) groups excluding carboxylic acids is 2. The van der Waals surface area contributed by atoms with Gasteiger partial charge in [0.05, 0.1) is 32.2 Å². The third-order valence-electron chi connectivity index (χ3n) is 4.70. The number of thiazole rings is 1. The number of carbonyl (C=O) groups is 2. The zero-order chi connectivity index (χ0) is 21.6. The highest BCUT2D eigenvalue weighted by Crippen LogP contribution is 2.19. The average Bonchev–Trinajstić information content (AvgIpc) is 3.54. The molecule has 0 unspecified atom stereocenters. The van der Waals surface area contributed by atoms with Crippen LogP contribution in [0.5, 0.6) is 0 Å². The van der Waals surface area contributed by atoms with Gasteiger partial charge in [0.1, 0.15) is 22.2 Å². The van der Waals surface area contributed by atoms with E-state index < -0.39 is 0 Å². The summed E-state index contributed by atoms with van der Waals surface area (Å²) in [6.45, 7) is 2.77. The van der Waals surface area contributed by atoms with Crippen LogP contribution in [-0.2, 0) is 19.6 Å². The fourth-order valence-electron chi connectivity index (χ4n) is 3.10. The number of nitrogens with zero attached hydrogens (tertiary/aromatic N) is 2. The molecule has 4 aromatic rings. The first kappa shape index (κ1) is 20.6. The van der Waals surface area contributed by atoms with Crippen molar-refractivity contribution in [2.75, 3.05) is 0 Å². The van der Waals surface area contributed by atoms with E-state index in [2.05, 4.69) is 10.3 Å². The summed E-state index contributed by atoms with van der Waals surface area (Å²) in [6, 6.07) is 14.6. The summed E-state index contributed by atoms with van der Waals surface area (Å²) in [4.78, 5) is 31.7. The maximum atomic E-state index is 13.2. The number of furan rings is 2. The number of hydrogen-bond donors (Lipinski definition) is 1. The third kappa shape index (κ3) is 5.10. The van der Waals surface area contributed by atoms with Gasteiger partial charge in [-0.05, 0) is 42.8 Å². The number of benzene rings is 1. The number of amides is 2. The Bertz CT molecular complexity index is 1150. The SMILES string of the molecule is Cc1ccccc1C(=O)N(Cc1ccco1)Cc1nc(C(=O)NCc2ccco2)cs1. The van der Waals surface area contributed by atoms with Crippen LogP contribution in [0.2, 0.25) is 0 Å². The molecule has 0 atom stereocenters. The normalized spacial score (nSPS) is 10.7. The van der Waals surface area contributed by atoms with Gasteiger partial charge in [-0.25, -0.2) is 4.98 Å². The molecule has 3 heterocycles. The molecule has 0 bridgehead atoms. The standard InChI is InChI=1S/C23H21N3O4S/c1-16-6-2-3-9-19(16)23(28)26(13-18-8-5-11-30-18)14-21-25-20(15-31-21)22(27)24-12-17-7-4-10-29-17/h2-11,15H,12-14H2,1H3,(H,24,27). The van der Waals surface area contributed by atoms with Gasteiger partial charge in [-0.3, -0.25) is 9.59 Å². The molecule has 8 heteroatoms. The van der Waals surface area contributed by atoms with E-state index in [1.54, 1.807) is 41.0 Å². The van der Waals surface area contributed by atoms with E-state index in [0.29, 0.717) is 34.3 Å². The summed E-state index contributed by atoms with van der Waals surface area (Å²) in [6.07, 6.45) is 3.14. The molecule has 0 saturated heterocycles. The van der Waals surface area contributed by atoms with Crippen molar-refractivity contribution in [3.63, 3.8) is 0 Å². The number of aryl methyl sites for hydroxylation is 1. The number of hydrogen-bond acceptors (Lipinski definition) is 6. The average molecular weight is 436 g/mol. The lowest BCUT2D eigenvalue weighted by atomic mass is 10.1. The van der Waals surface area contributed by atoms with Gasteiger partial charge in [0, 0.05) is 10.9 Å². The highest BCUT2D eigenvalue weighted by molar-refractivity contribution is 7.09. The van der Waals surface area contributed by atoms with Crippen LogP contribution in [0.15, 0.2) is 75.3 Å². The van der Waals surface area contributed by atoms with Crippen LogP contribution in [0, 0.1) is 6.92 Å². The predicted molar refractivity (Wildman–Crippen MR) is 115 cm³/mol. The van der Waals surface area contributed by atoms with E-state index >= 15 is 0 Å². The first-order chi connectivity index (χ1) is 15.1. The van der Waals surface area contributed by atoms with Crippen LogP contribution >= 0.6 is 11.3 Å². The first-order valence-corrected chi connectivity index (χ1v) is 10.6. The molecule has 31 heavy (non-hydrogen) atoms. The van der Waals surface area contributed by atoms with Gasteiger partial charge in [-0.2, -0.15) is 0 Å². The molecule has 0 saturated carbocycles. The summed E-state index contributed by atoms with van der Waals surface area (Å²) < 4.78 is 10.7. The summed E-state index contributed by atoms with van der Waals surface area (Å²) >= 11 is 1.34. The Labute approximate surface area is 183 Å². The van der Waals surface area contributed by atoms with Crippen molar-refractivity contribution in [2.45, 2.75) is 26.6 Å². The molecule has 0 aliphatic heterocycles. The Morgan fingerprint density at radius 1 is 1.00 bits per heavy atom. The van der Waals surface area contributed by atoms with E-state index in [4.69, 9.17) is 8.83 Å². The summed E-state index contributed by atoms with van der Waals surface area (Å²) in [5.74, 6) is 0.933. The van der Waals surface area contributed by atoms with Crippen molar-refractivity contribution >= 4 is 23.2 Å². The summed E-state index contributed by atoms with van der Waals surface area (Å²) in [5.41, 5.74) is 1.84. The molecule has 0 spiro atoms. The monoisotopic (exact) mass is 435 g/mol. The molecule has 0 aliphatic rings. The second-order valence-electron chi connectivity index (χ2n) is 6.94. The largest absolute Gasteiger partial charge is 0.467 e. The van der Waals surface area contributed by atoms with Gasteiger partial charge in [0.25, 0.3) is 11.8 Å². The molecule has 1 N–H and O–H groups in total. The maximum Gasteiger partial charge on any atom is 0.271 e. The minimum absolute atomic E-state index is 0.117. The molecule has 0 aliphatic carbocycles. The van der Waals surface area contributed by atoms with E-state index in [0.717, 1.165) is 5.56 Å². The molecule has 0 radical (unpaired) electrons. The van der Waals surface area contributed by atoms with E-state index in [1.165, 1.54) is 11.3 Å². The van der Waals surface area contributed by atoms with Gasteiger partial charge in [-0.1, -0.05) is 18.2 Å². The molecule has 158 valence electrons. The van der Waals surface area contributed by atoms with Crippen LogP contribution in [0.3, 0.4) is 0 Å². The predicted octanol–water partition coefficient (Wildman–Crippen LogP) is 4.41. The minimum atomic E-state index is -0.290. The van der Waals surface area contributed by atoms with Crippen LogP contribution in [0.4, 0.5) is 0 Å². The van der Waals surface area contributed by atoms with Crippen LogP contribution in [0.1, 0.15) is 42.9 Å². The highest BCUT2D eigenvalue weighted by Gasteiger charge is 2.21. The van der Waals surface area contributed by atoms with Crippen molar-refractivity contribution in [3.8, 4) is 0 Å². The number of nitrogens with one attached hydrogen (secondary N) is 1. The summed E-state index contributed by atoms with van der Waals surface area (Å²) in [7, 11) is 0. The van der Waals surface area contributed by atoms with E-state index in [-0.39, 0.29) is 24.9 Å². The quantitative estimate of drug-likeness (QED) is 0.443. The Kier molecular flexibility index (Phi) is 6.28. The second-order valence-corrected chi connectivity index (χ2v) is 7.89. The van der Waals surface area contributed by atoms with E-state index in [9.17, 15) is 9.59 Å². The van der Waals surface area contributed by atoms with Crippen LogP contribution in [-0.4, -0.2) is 21.7 Å². The Hall–Kier alpha value is -3.65. The lowest BCUT2D eigenvalue weighted by Crippen LogP contribution is -2.30. The van der Waals surface area contributed by atoms with Gasteiger partial charge in [0.15, 0.2) is 0 Å². The maximum absolute atomic E-state index is 13.2. The molecular weight excluding hydrogens is 414 g/mol. The first-order valence-electron chi connectivity index (χ1n) is 9.72. The van der Waals surface area contributed by atoms with Crippen LogP contribution in [0.25, 0.3) is 0 Å². The van der Waals surface area contributed by atoms with Crippen molar-refractivity contribution in [1.82, 2.24) is 15.2 Å². The lowest BCUT2D eigenvalue weighted by molar-refractivity contribution is 0.0717. The molecule has 2 amide bonds. The Morgan fingerprint density at radius 3 is 2.45 bits per heavy atom. The molecule has 0 fully saturated rings. The number of aromatic nitrogens is 1. The fourth-order valence-corrected chi connectivity index (χ4v) is 3.88. The molecule has 1 aromatic carbocycles. The van der Waals surface area contributed by atoms with Gasteiger partial charge in [0.2, 0.25) is 0 Å². The van der Waals surface area contributed by atoms with Crippen molar-refractivity contribution in [3.05, 3.63) is 99.8 Å². The van der Waals surface area contributed by atoms with Gasteiger partial charge >= 0.3 is 0 Å². The highest BCUT2D eigenvalue weighted by atomic mass is 32.1. The van der Waals surface area contributed by atoms with Gasteiger partial charge < -0.3 is 19.1 Å². The van der Waals surface area contributed by atoms with Crippen molar-refractivity contribution < 1.29 is 18.4 Å². The van der Waals surface area contributed by atoms with Gasteiger partial charge in [-0.15, -0.1) is 11.3 Å². The zero-order valence-electron chi connectivity index (χ0n) is 16.9. The minimum Gasteiger partial charge on any atom is -0.467 e. The summed E-state index contributed by atoms with van der Waals surface area (Å²) in [5, 5.41) is 5.13. The molecule has 3 aromatic heterocycles. The third-order valence-corrected chi connectivity index (χ3v) is 5.54. The second kappa shape index (κ2) is 9.44. The molecular formula is C23H21N3O4S. The molecule has 7 nitrogen and oxygen atoms in total. The Morgan fingerprint density at radius 2 is 1.74 bits per heavy atom.